The van der Waals surface area contributed by atoms with Crippen LogP contribution in [0.4, 0.5) is 0 Å². The molecule has 1 aromatic rings. The van der Waals surface area contributed by atoms with Crippen LogP contribution in [0.25, 0.3) is 0 Å². The van der Waals surface area contributed by atoms with E-state index in [1.807, 2.05) is 32.9 Å². The minimum Gasteiger partial charge on any atom is -0.426 e. The van der Waals surface area contributed by atoms with Crippen LogP contribution in [0.5, 0.6) is 5.75 Å². The van der Waals surface area contributed by atoms with Gasteiger partial charge in [0.25, 0.3) is 0 Å². The highest BCUT2D eigenvalue weighted by Gasteiger charge is 2.28. The highest BCUT2D eigenvalue weighted by Crippen LogP contribution is 2.39. The van der Waals surface area contributed by atoms with Crippen molar-refractivity contribution in [3.8, 4) is 5.75 Å². The van der Waals surface area contributed by atoms with Gasteiger partial charge in [-0.1, -0.05) is 25.0 Å². The van der Waals surface area contributed by atoms with Crippen molar-refractivity contribution >= 4 is 5.97 Å². The Bertz CT molecular complexity index is 531. The lowest BCUT2D eigenvalue weighted by molar-refractivity contribution is -0.143. The molecular weight excluding hydrogens is 286 g/mol. The fraction of sp³-hybridized carbons (Fsp3) is 0.650. The third-order valence-corrected chi connectivity index (χ3v) is 4.62. The molecule has 1 unspecified atom stereocenters. The summed E-state index contributed by atoms with van der Waals surface area (Å²) >= 11 is 0. The molecule has 0 amide bonds. The van der Waals surface area contributed by atoms with E-state index < -0.39 is 5.41 Å². The van der Waals surface area contributed by atoms with Gasteiger partial charge in [-0.2, -0.15) is 0 Å². The smallest absolute Gasteiger partial charge is 0.316 e. The average Bonchev–Trinajstić information content (AvgIpc) is 2.46. The van der Waals surface area contributed by atoms with E-state index in [0.29, 0.717) is 17.6 Å². The van der Waals surface area contributed by atoms with Gasteiger partial charge in [0.15, 0.2) is 0 Å². The van der Waals surface area contributed by atoms with Crippen LogP contribution in [0.1, 0.15) is 57.9 Å². The van der Waals surface area contributed by atoms with Crippen LogP contribution in [0, 0.1) is 11.3 Å². The molecule has 1 aromatic carbocycles. The van der Waals surface area contributed by atoms with Crippen LogP contribution in [0.3, 0.4) is 0 Å². The Morgan fingerprint density at radius 2 is 1.91 bits per heavy atom. The van der Waals surface area contributed by atoms with Gasteiger partial charge in [0, 0.05) is 6.54 Å². The van der Waals surface area contributed by atoms with Gasteiger partial charge in [-0.25, -0.2) is 0 Å². The summed E-state index contributed by atoms with van der Waals surface area (Å²) in [5, 5.41) is 0. The van der Waals surface area contributed by atoms with Crippen molar-refractivity contribution in [2.75, 3.05) is 20.6 Å². The number of benzene rings is 1. The second-order valence-corrected chi connectivity index (χ2v) is 8.13. The molecule has 0 N–H and O–H groups in total. The lowest BCUT2D eigenvalue weighted by Crippen LogP contribution is -2.29. The lowest BCUT2D eigenvalue weighted by atomic mass is 9.75. The molecule has 0 aromatic heterocycles. The molecule has 3 heteroatoms. The molecule has 0 radical (unpaired) electrons. The van der Waals surface area contributed by atoms with Crippen molar-refractivity contribution in [1.82, 2.24) is 4.90 Å². The topological polar surface area (TPSA) is 29.5 Å². The summed E-state index contributed by atoms with van der Waals surface area (Å²) in [6, 6.07) is 8.16. The first-order valence-corrected chi connectivity index (χ1v) is 8.74. The molecule has 128 valence electrons. The Balaban J connectivity index is 2.15. The molecule has 0 aliphatic heterocycles. The molecular formula is C20H31NO2. The minimum absolute atomic E-state index is 0.178. The van der Waals surface area contributed by atoms with Crippen molar-refractivity contribution in [1.29, 1.82) is 0 Å². The van der Waals surface area contributed by atoms with E-state index in [-0.39, 0.29) is 5.97 Å². The fourth-order valence-corrected chi connectivity index (χ4v) is 3.40. The Morgan fingerprint density at radius 3 is 2.57 bits per heavy atom. The van der Waals surface area contributed by atoms with Gasteiger partial charge in [0.2, 0.25) is 0 Å². The van der Waals surface area contributed by atoms with Gasteiger partial charge in [-0.3, -0.25) is 4.79 Å². The Hall–Kier alpha value is -1.35. The van der Waals surface area contributed by atoms with Crippen molar-refractivity contribution in [2.45, 2.75) is 52.4 Å². The minimum atomic E-state index is -0.478. The number of esters is 1. The molecule has 0 spiro atoms. The van der Waals surface area contributed by atoms with Gasteiger partial charge in [-0.15, -0.1) is 0 Å². The van der Waals surface area contributed by atoms with E-state index in [1.54, 1.807) is 0 Å². The summed E-state index contributed by atoms with van der Waals surface area (Å²) < 4.78 is 5.58. The maximum atomic E-state index is 12.1. The first-order valence-electron chi connectivity index (χ1n) is 8.74. The van der Waals surface area contributed by atoms with E-state index >= 15 is 0 Å². The summed E-state index contributed by atoms with van der Waals surface area (Å²) in [6.07, 6.45) is 5.14. The van der Waals surface area contributed by atoms with Gasteiger partial charge in [-0.05, 0) is 77.2 Å². The van der Waals surface area contributed by atoms with Crippen molar-refractivity contribution in [3.63, 3.8) is 0 Å². The van der Waals surface area contributed by atoms with E-state index in [2.05, 4.69) is 31.1 Å². The zero-order valence-electron chi connectivity index (χ0n) is 15.3. The van der Waals surface area contributed by atoms with Crippen LogP contribution in [0.2, 0.25) is 0 Å². The third-order valence-electron chi connectivity index (χ3n) is 4.62. The number of carbonyl (C=O) groups is 1. The summed E-state index contributed by atoms with van der Waals surface area (Å²) in [5.41, 5.74) is 0.838. The number of hydrogen-bond acceptors (Lipinski definition) is 3. The fourth-order valence-electron chi connectivity index (χ4n) is 3.40. The Kier molecular flexibility index (Phi) is 5.85. The average molecular weight is 317 g/mol. The predicted molar refractivity (Wildman–Crippen MR) is 94.8 cm³/mol. The molecule has 0 heterocycles. The summed E-state index contributed by atoms with van der Waals surface area (Å²) in [4.78, 5) is 14.4. The highest BCUT2D eigenvalue weighted by molar-refractivity contribution is 5.77. The van der Waals surface area contributed by atoms with Crippen molar-refractivity contribution in [2.24, 2.45) is 11.3 Å². The molecule has 1 aliphatic rings. The Labute approximate surface area is 141 Å². The highest BCUT2D eigenvalue weighted by atomic mass is 16.5. The van der Waals surface area contributed by atoms with Crippen LogP contribution in [-0.4, -0.2) is 31.5 Å². The number of rotatable bonds is 4. The maximum absolute atomic E-state index is 12.1. The van der Waals surface area contributed by atoms with Gasteiger partial charge in [0.05, 0.1) is 5.41 Å². The molecule has 0 bridgehead atoms. The Morgan fingerprint density at radius 1 is 1.22 bits per heavy atom. The molecule has 0 saturated heterocycles. The largest absolute Gasteiger partial charge is 0.426 e. The third kappa shape index (κ3) is 5.07. The van der Waals surface area contributed by atoms with E-state index in [1.165, 1.54) is 31.2 Å². The predicted octanol–water partition coefficient (Wildman–Crippen LogP) is 4.47. The normalized spacial score (nSPS) is 22.2. The monoisotopic (exact) mass is 317 g/mol. The van der Waals surface area contributed by atoms with E-state index in [0.717, 1.165) is 6.54 Å². The molecule has 1 saturated carbocycles. The first-order chi connectivity index (χ1) is 10.8. The zero-order valence-corrected chi connectivity index (χ0v) is 15.3. The van der Waals surface area contributed by atoms with Gasteiger partial charge < -0.3 is 9.64 Å². The van der Waals surface area contributed by atoms with Gasteiger partial charge >= 0.3 is 5.97 Å². The number of ether oxygens (including phenoxy) is 1. The van der Waals surface area contributed by atoms with E-state index in [4.69, 9.17) is 4.74 Å². The van der Waals surface area contributed by atoms with Crippen LogP contribution >= 0.6 is 0 Å². The summed E-state index contributed by atoms with van der Waals surface area (Å²) in [6.45, 7) is 6.77. The molecule has 23 heavy (non-hydrogen) atoms. The van der Waals surface area contributed by atoms with Crippen LogP contribution in [-0.2, 0) is 4.79 Å². The molecule has 2 atom stereocenters. The summed E-state index contributed by atoms with van der Waals surface area (Å²) in [7, 11) is 4.29. The molecule has 1 aliphatic carbocycles. The zero-order chi connectivity index (χ0) is 17.0. The van der Waals surface area contributed by atoms with Gasteiger partial charge in [0.1, 0.15) is 5.75 Å². The number of nitrogens with zero attached hydrogens (tertiary/aromatic N) is 1. The maximum Gasteiger partial charge on any atom is 0.316 e. The molecule has 1 fully saturated rings. The van der Waals surface area contributed by atoms with Crippen molar-refractivity contribution in [3.05, 3.63) is 29.8 Å². The number of hydrogen-bond donors (Lipinski definition) is 0. The second-order valence-electron chi connectivity index (χ2n) is 8.13. The SMILES string of the molecule is CN(C)C[C@H]1CCCCC1c1cccc(OC(=O)C(C)(C)C)c1. The second kappa shape index (κ2) is 7.48. The van der Waals surface area contributed by atoms with Crippen molar-refractivity contribution < 1.29 is 9.53 Å². The quantitative estimate of drug-likeness (QED) is 0.606. The number of carbonyl (C=O) groups excluding carboxylic acids is 1. The van der Waals surface area contributed by atoms with E-state index in [9.17, 15) is 4.79 Å². The van der Waals surface area contributed by atoms with Crippen LogP contribution in [0.15, 0.2) is 24.3 Å². The molecule has 2 rings (SSSR count). The standard InChI is InChI=1S/C20H31NO2/c1-20(2,3)19(22)23-17-11-8-10-15(13-17)18-12-7-6-9-16(18)14-21(4)5/h8,10-11,13,16,18H,6-7,9,12,14H2,1-5H3/t16-,18?/m1/s1. The lowest BCUT2D eigenvalue weighted by Gasteiger charge is -2.34. The molecule has 3 nitrogen and oxygen atoms in total. The first kappa shape index (κ1) is 18.0. The van der Waals surface area contributed by atoms with Crippen LogP contribution < -0.4 is 4.74 Å². The summed E-state index contributed by atoms with van der Waals surface area (Å²) in [5.74, 6) is 1.76.